The number of aromatic nitrogens is 2. The highest BCUT2D eigenvalue weighted by Gasteiger charge is 2.30. The molecule has 4 N–H and O–H groups in total. The summed E-state index contributed by atoms with van der Waals surface area (Å²) in [7, 11) is 0. The highest BCUT2D eigenvalue weighted by Crippen LogP contribution is 2.34. The minimum atomic E-state index is -0.150. The Balaban J connectivity index is 1.47. The highest BCUT2D eigenvalue weighted by atomic mass is 16.5. The van der Waals surface area contributed by atoms with Crippen LogP contribution in [-0.4, -0.2) is 28.0 Å². The molecule has 1 saturated carbocycles. The van der Waals surface area contributed by atoms with Gasteiger partial charge < -0.3 is 21.1 Å². The van der Waals surface area contributed by atoms with Gasteiger partial charge in [-0.3, -0.25) is 4.79 Å². The molecule has 0 aliphatic heterocycles. The number of benzene rings is 2. The number of hydrogen-bond acceptors (Lipinski definition) is 6. The Kier molecular flexibility index (Phi) is 5.61. The molecule has 0 radical (unpaired) electrons. The third-order valence-electron chi connectivity index (χ3n) is 5.01. The van der Waals surface area contributed by atoms with Crippen LogP contribution in [0.15, 0.2) is 73.6 Å². The van der Waals surface area contributed by atoms with E-state index in [-0.39, 0.29) is 18.0 Å². The average molecular weight is 401 g/mol. The number of nitrogen functional groups attached to an aromatic ring is 1. The van der Waals surface area contributed by atoms with E-state index in [4.69, 9.17) is 10.5 Å². The second-order valence-electron chi connectivity index (χ2n) is 7.14. The molecule has 0 atom stereocenters. The van der Waals surface area contributed by atoms with E-state index in [1.165, 1.54) is 12.4 Å². The summed E-state index contributed by atoms with van der Waals surface area (Å²) in [6.07, 6.45) is 4.36. The molecule has 0 unspecified atom stereocenters. The summed E-state index contributed by atoms with van der Waals surface area (Å²) in [5.74, 6) is 2.44. The summed E-state index contributed by atoms with van der Waals surface area (Å²) >= 11 is 0. The quantitative estimate of drug-likeness (QED) is 0.521. The third kappa shape index (κ3) is 4.41. The van der Waals surface area contributed by atoms with Gasteiger partial charge in [0.1, 0.15) is 29.5 Å². The van der Waals surface area contributed by atoms with Crippen LogP contribution in [-0.2, 0) is 4.79 Å². The monoisotopic (exact) mass is 401 g/mol. The zero-order valence-corrected chi connectivity index (χ0v) is 16.4. The standard InChI is InChI=1S/C23H23N5O2/c1-2-20(29)27-16-12-17(13-16)28-23-21(22(24)25-14-26-23)15-8-10-19(11-9-15)30-18-6-4-3-5-7-18/h2-11,14,16-17H,1,12-13H2,(H,27,29)(H3,24,25,26,28)/t16-,17+. The van der Waals surface area contributed by atoms with Gasteiger partial charge in [0.05, 0.1) is 5.56 Å². The van der Waals surface area contributed by atoms with Crippen LogP contribution in [0.2, 0.25) is 0 Å². The van der Waals surface area contributed by atoms with Gasteiger partial charge in [-0.15, -0.1) is 0 Å². The number of nitrogens with one attached hydrogen (secondary N) is 2. The number of hydrogen-bond donors (Lipinski definition) is 3. The first kappa shape index (κ1) is 19.4. The maximum Gasteiger partial charge on any atom is 0.243 e. The van der Waals surface area contributed by atoms with E-state index in [0.29, 0.717) is 11.6 Å². The van der Waals surface area contributed by atoms with Crippen LogP contribution < -0.4 is 21.1 Å². The molecule has 152 valence electrons. The van der Waals surface area contributed by atoms with Crippen molar-refractivity contribution in [3.05, 3.63) is 73.6 Å². The summed E-state index contributed by atoms with van der Waals surface area (Å²) in [6, 6.07) is 17.6. The largest absolute Gasteiger partial charge is 0.457 e. The number of ether oxygens (including phenoxy) is 1. The normalized spacial score (nSPS) is 17.5. The van der Waals surface area contributed by atoms with Crippen molar-refractivity contribution in [1.82, 2.24) is 15.3 Å². The van der Waals surface area contributed by atoms with E-state index in [9.17, 15) is 4.79 Å². The minimum absolute atomic E-state index is 0.144. The fraction of sp³-hybridized carbons (Fsp3) is 0.174. The lowest BCUT2D eigenvalue weighted by Crippen LogP contribution is -2.49. The fourth-order valence-corrected chi connectivity index (χ4v) is 3.41. The first-order valence-corrected chi connectivity index (χ1v) is 9.75. The zero-order chi connectivity index (χ0) is 20.9. The van der Waals surface area contributed by atoms with Gasteiger partial charge >= 0.3 is 0 Å². The van der Waals surface area contributed by atoms with Gasteiger partial charge in [0, 0.05) is 12.1 Å². The van der Waals surface area contributed by atoms with Crippen molar-refractivity contribution in [2.45, 2.75) is 24.9 Å². The van der Waals surface area contributed by atoms with Crippen molar-refractivity contribution in [3.8, 4) is 22.6 Å². The Morgan fingerprint density at radius 3 is 2.43 bits per heavy atom. The van der Waals surface area contributed by atoms with Crippen molar-refractivity contribution in [2.75, 3.05) is 11.1 Å². The molecule has 0 bridgehead atoms. The van der Waals surface area contributed by atoms with Crippen molar-refractivity contribution in [1.29, 1.82) is 0 Å². The van der Waals surface area contributed by atoms with E-state index in [2.05, 4.69) is 27.2 Å². The van der Waals surface area contributed by atoms with Crippen LogP contribution >= 0.6 is 0 Å². The molecule has 0 saturated heterocycles. The molecule has 2 aromatic carbocycles. The first-order valence-electron chi connectivity index (χ1n) is 9.75. The predicted molar refractivity (Wildman–Crippen MR) is 117 cm³/mol. The maximum atomic E-state index is 11.4. The summed E-state index contributed by atoms with van der Waals surface area (Å²) in [6.45, 7) is 3.48. The van der Waals surface area contributed by atoms with Gasteiger partial charge in [-0.1, -0.05) is 36.9 Å². The van der Waals surface area contributed by atoms with Gasteiger partial charge in [-0.25, -0.2) is 9.97 Å². The third-order valence-corrected chi connectivity index (χ3v) is 5.01. The lowest BCUT2D eigenvalue weighted by atomic mass is 9.86. The van der Waals surface area contributed by atoms with E-state index in [1.54, 1.807) is 0 Å². The van der Waals surface area contributed by atoms with Crippen LogP contribution in [0.5, 0.6) is 11.5 Å². The summed E-state index contributed by atoms with van der Waals surface area (Å²) in [5.41, 5.74) is 7.82. The molecule has 7 nitrogen and oxygen atoms in total. The smallest absolute Gasteiger partial charge is 0.243 e. The average Bonchev–Trinajstić information content (AvgIpc) is 2.74. The molecule has 4 rings (SSSR count). The molecule has 3 aromatic rings. The molecule has 30 heavy (non-hydrogen) atoms. The van der Waals surface area contributed by atoms with E-state index in [1.807, 2.05) is 54.6 Å². The molecular weight excluding hydrogens is 378 g/mol. The number of carbonyl (C=O) groups is 1. The summed E-state index contributed by atoms with van der Waals surface area (Å²) in [4.78, 5) is 20.0. The van der Waals surface area contributed by atoms with Gasteiger partial charge in [0.2, 0.25) is 5.91 Å². The fourth-order valence-electron chi connectivity index (χ4n) is 3.41. The van der Waals surface area contributed by atoms with Crippen LogP contribution in [0, 0.1) is 0 Å². The van der Waals surface area contributed by atoms with Crippen molar-refractivity contribution >= 4 is 17.5 Å². The van der Waals surface area contributed by atoms with E-state index >= 15 is 0 Å². The highest BCUT2D eigenvalue weighted by molar-refractivity contribution is 5.87. The van der Waals surface area contributed by atoms with Crippen molar-refractivity contribution in [3.63, 3.8) is 0 Å². The molecule has 1 aliphatic rings. The van der Waals surface area contributed by atoms with Crippen molar-refractivity contribution < 1.29 is 9.53 Å². The predicted octanol–water partition coefficient (Wildman–Crippen LogP) is 3.76. The number of carbonyl (C=O) groups excluding carboxylic acids is 1. The second kappa shape index (κ2) is 8.65. The number of nitrogens with two attached hydrogens (primary N) is 1. The second-order valence-corrected chi connectivity index (χ2v) is 7.14. The molecule has 0 spiro atoms. The molecule has 1 heterocycles. The van der Waals surface area contributed by atoms with Gasteiger partial charge in [0.15, 0.2) is 0 Å². The first-order chi connectivity index (χ1) is 14.6. The maximum absolute atomic E-state index is 11.4. The van der Waals surface area contributed by atoms with E-state index < -0.39 is 0 Å². The van der Waals surface area contributed by atoms with Gasteiger partial charge in [-0.05, 0) is 48.7 Å². The lowest BCUT2D eigenvalue weighted by Gasteiger charge is -2.36. The Hall–Kier alpha value is -3.87. The molecule has 1 fully saturated rings. The number of amides is 1. The molecule has 7 heteroatoms. The lowest BCUT2D eigenvalue weighted by molar-refractivity contribution is -0.117. The number of para-hydroxylation sites is 1. The SMILES string of the molecule is C=CC(=O)N[C@H]1C[C@@H](Nc2ncnc(N)c2-c2ccc(Oc3ccccc3)cc2)C1. The van der Waals surface area contributed by atoms with E-state index in [0.717, 1.165) is 35.5 Å². The van der Waals surface area contributed by atoms with Gasteiger partial charge in [-0.2, -0.15) is 0 Å². The molecule has 1 aromatic heterocycles. The Bertz CT molecular complexity index is 1030. The number of anilines is 2. The zero-order valence-electron chi connectivity index (χ0n) is 16.4. The minimum Gasteiger partial charge on any atom is -0.457 e. The van der Waals surface area contributed by atoms with Gasteiger partial charge in [0.25, 0.3) is 0 Å². The summed E-state index contributed by atoms with van der Waals surface area (Å²) < 4.78 is 5.85. The van der Waals surface area contributed by atoms with Crippen LogP contribution in [0.25, 0.3) is 11.1 Å². The number of rotatable bonds is 7. The molecule has 1 amide bonds. The Labute approximate surface area is 175 Å². The Morgan fingerprint density at radius 1 is 1.03 bits per heavy atom. The summed E-state index contributed by atoms with van der Waals surface area (Å²) in [5, 5.41) is 6.32. The van der Waals surface area contributed by atoms with Crippen LogP contribution in [0.1, 0.15) is 12.8 Å². The Morgan fingerprint density at radius 2 is 1.73 bits per heavy atom. The number of nitrogens with zero attached hydrogens (tertiary/aromatic N) is 2. The topological polar surface area (TPSA) is 102 Å². The van der Waals surface area contributed by atoms with Crippen LogP contribution in [0.3, 0.4) is 0 Å². The molecule has 1 aliphatic carbocycles. The molecular formula is C23H23N5O2. The van der Waals surface area contributed by atoms with Crippen LogP contribution in [0.4, 0.5) is 11.6 Å². The van der Waals surface area contributed by atoms with Crippen molar-refractivity contribution in [2.24, 2.45) is 0 Å².